The third-order valence-corrected chi connectivity index (χ3v) is 3.78. The molecule has 4 N–H and O–H groups in total. The van der Waals surface area contributed by atoms with Crippen LogP contribution in [-0.4, -0.2) is 35.2 Å². The summed E-state index contributed by atoms with van der Waals surface area (Å²) < 4.78 is 5.17. The molecule has 0 spiro atoms. The predicted molar refractivity (Wildman–Crippen MR) is 79.6 cm³/mol. The molecular formula is C13H20N2O3S. The van der Waals surface area contributed by atoms with Gasteiger partial charge in [-0.15, -0.1) is 11.8 Å². The first-order valence-electron chi connectivity index (χ1n) is 5.98. The second-order valence-electron chi connectivity index (χ2n) is 4.22. The maximum Gasteiger partial charge on any atom is 0.237 e. The lowest BCUT2D eigenvalue weighted by molar-refractivity contribution is -0.115. The summed E-state index contributed by atoms with van der Waals surface area (Å²) in [5.41, 5.74) is 6.82. The number of thioether (sulfide) groups is 1. The Morgan fingerprint density at radius 1 is 1.53 bits per heavy atom. The molecule has 0 heterocycles. The predicted octanol–water partition coefficient (Wildman–Crippen LogP) is 1.72. The molecule has 106 valence electrons. The van der Waals surface area contributed by atoms with Crippen LogP contribution < -0.4 is 15.8 Å². The molecule has 1 aromatic carbocycles. The van der Waals surface area contributed by atoms with Crippen LogP contribution in [0.5, 0.6) is 5.75 Å². The molecule has 5 nitrogen and oxygen atoms in total. The average molecular weight is 284 g/mol. The van der Waals surface area contributed by atoms with Crippen LogP contribution in [0.2, 0.25) is 0 Å². The Morgan fingerprint density at radius 3 is 2.79 bits per heavy atom. The van der Waals surface area contributed by atoms with Gasteiger partial charge in [-0.1, -0.05) is 6.92 Å². The average Bonchev–Trinajstić information content (AvgIpc) is 2.40. The lowest BCUT2D eigenvalue weighted by Crippen LogP contribution is -2.25. The second kappa shape index (κ2) is 7.25. The standard InChI is InChI=1S/C13H20N2O3S/c1-8(7-16)19-9(2)13(17)15-11-5-4-10(14)6-12(11)18-3/h4-6,8-9,16H,7,14H2,1-3H3,(H,15,17). The first-order chi connectivity index (χ1) is 8.97. The van der Waals surface area contributed by atoms with Crippen LogP contribution in [0, 0.1) is 0 Å². The van der Waals surface area contributed by atoms with Gasteiger partial charge in [-0.05, 0) is 19.1 Å². The normalized spacial score (nSPS) is 13.7. The van der Waals surface area contributed by atoms with Crippen LogP contribution in [0.3, 0.4) is 0 Å². The highest BCUT2D eigenvalue weighted by Gasteiger charge is 2.18. The Balaban J connectivity index is 2.71. The van der Waals surface area contributed by atoms with Gasteiger partial charge in [0.2, 0.25) is 5.91 Å². The van der Waals surface area contributed by atoms with Crippen molar-refractivity contribution in [1.82, 2.24) is 0 Å². The molecule has 0 aliphatic heterocycles. The van der Waals surface area contributed by atoms with Crippen molar-refractivity contribution < 1.29 is 14.6 Å². The van der Waals surface area contributed by atoms with Gasteiger partial charge in [-0.3, -0.25) is 4.79 Å². The van der Waals surface area contributed by atoms with E-state index in [9.17, 15) is 4.79 Å². The summed E-state index contributed by atoms with van der Waals surface area (Å²) in [5.74, 6) is 0.397. The second-order valence-corrected chi connectivity index (χ2v) is 6.00. The molecule has 1 aromatic rings. The van der Waals surface area contributed by atoms with Crippen molar-refractivity contribution in [3.05, 3.63) is 18.2 Å². The van der Waals surface area contributed by atoms with Gasteiger partial charge in [0.05, 0.1) is 24.7 Å². The Hall–Kier alpha value is -1.40. The Bertz CT molecular complexity index is 440. The molecule has 0 aromatic heterocycles. The van der Waals surface area contributed by atoms with E-state index in [0.717, 1.165) is 0 Å². The van der Waals surface area contributed by atoms with Gasteiger partial charge in [0.25, 0.3) is 0 Å². The van der Waals surface area contributed by atoms with E-state index in [0.29, 0.717) is 17.1 Å². The molecule has 2 unspecified atom stereocenters. The topological polar surface area (TPSA) is 84.6 Å². The highest BCUT2D eigenvalue weighted by atomic mass is 32.2. The van der Waals surface area contributed by atoms with Gasteiger partial charge in [-0.25, -0.2) is 0 Å². The van der Waals surface area contributed by atoms with Gasteiger partial charge in [0, 0.05) is 17.0 Å². The van der Waals surface area contributed by atoms with E-state index in [4.69, 9.17) is 15.6 Å². The fraction of sp³-hybridized carbons (Fsp3) is 0.462. The van der Waals surface area contributed by atoms with Crippen molar-refractivity contribution >= 4 is 29.0 Å². The molecule has 0 aliphatic rings. The van der Waals surface area contributed by atoms with E-state index < -0.39 is 0 Å². The minimum atomic E-state index is -0.260. The van der Waals surface area contributed by atoms with Crippen molar-refractivity contribution in [3.63, 3.8) is 0 Å². The minimum Gasteiger partial charge on any atom is -0.494 e. The van der Waals surface area contributed by atoms with Crippen LogP contribution in [0.15, 0.2) is 18.2 Å². The zero-order valence-corrected chi connectivity index (χ0v) is 12.2. The van der Waals surface area contributed by atoms with E-state index in [1.807, 2.05) is 6.92 Å². The summed E-state index contributed by atoms with van der Waals surface area (Å²) in [6.45, 7) is 3.72. The molecule has 0 saturated carbocycles. The quantitative estimate of drug-likeness (QED) is 0.693. The first kappa shape index (κ1) is 15.7. The monoisotopic (exact) mass is 284 g/mol. The molecule has 6 heteroatoms. The third-order valence-electron chi connectivity index (χ3n) is 2.55. The van der Waals surface area contributed by atoms with Gasteiger partial charge in [0.15, 0.2) is 0 Å². The highest BCUT2D eigenvalue weighted by Crippen LogP contribution is 2.27. The number of amides is 1. The number of nitrogen functional groups attached to an aromatic ring is 1. The van der Waals surface area contributed by atoms with Crippen LogP contribution in [-0.2, 0) is 4.79 Å². The van der Waals surface area contributed by atoms with Crippen LogP contribution in [0.1, 0.15) is 13.8 Å². The maximum atomic E-state index is 12.0. The minimum absolute atomic E-state index is 0.0223. The summed E-state index contributed by atoms with van der Waals surface area (Å²) in [6.07, 6.45) is 0. The summed E-state index contributed by atoms with van der Waals surface area (Å²) in [5, 5.41) is 11.5. The van der Waals surface area contributed by atoms with Crippen molar-refractivity contribution in [3.8, 4) is 5.75 Å². The van der Waals surface area contributed by atoms with E-state index in [2.05, 4.69) is 5.32 Å². The molecule has 2 atom stereocenters. The van der Waals surface area contributed by atoms with Gasteiger partial charge in [0.1, 0.15) is 5.75 Å². The van der Waals surface area contributed by atoms with Gasteiger partial charge >= 0.3 is 0 Å². The SMILES string of the molecule is COc1cc(N)ccc1NC(=O)C(C)SC(C)CO. The van der Waals surface area contributed by atoms with E-state index in [1.165, 1.54) is 18.9 Å². The lowest BCUT2D eigenvalue weighted by Gasteiger charge is -2.16. The number of anilines is 2. The fourth-order valence-corrected chi connectivity index (χ4v) is 2.46. The molecule has 0 radical (unpaired) electrons. The summed E-state index contributed by atoms with van der Waals surface area (Å²) in [7, 11) is 1.52. The number of carbonyl (C=O) groups excluding carboxylic acids is 1. The number of nitrogens with one attached hydrogen (secondary N) is 1. The van der Waals surface area contributed by atoms with E-state index >= 15 is 0 Å². The van der Waals surface area contributed by atoms with Crippen LogP contribution in [0.4, 0.5) is 11.4 Å². The van der Waals surface area contributed by atoms with Crippen molar-refractivity contribution in [2.24, 2.45) is 0 Å². The number of nitrogens with two attached hydrogens (primary N) is 1. The zero-order valence-electron chi connectivity index (χ0n) is 11.3. The largest absolute Gasteiger partial charge is 0.494 e. The van der Waals surface area contributed by atoms with E-state index in [-0.39, 0.29) is 23.0 Å². The fourth-order valence-electron chi connectivity index (χ4n) is 1.50. The number of aliphatic hydroxyl groups is 1. The van der Waals surface area contributed by atoms with Crippen molar-refractivity contribution in [2.75, 3.05) is 24.8 Å². The Kier molecular flexibility index (Phi) is 5.98. The van der Waals surface area contributed by atoms with Crippen molar-refractivity contribution in [2.45, 2.75) is 24.3 Å². The molecule has 0 saturated heterocycles. The highest BCUT2D eigenvalue weighted by molar-refractivity contribution is 8.01. The molecule has 1 rings (SSSR count). The van der Waals surface area contributed by atoms with E-state index in [1.54, 1.807) is 25.1 Å². The van der Waals surface area contributed by atoms with Crippen LogP contribution in [0.25, 0.3) is 0 Å². The summed E-state index contributed by atoms with van der Waals surface area (Å²) in [6, 6.07) is 5.06. The number of benzene rings is 1. The van der Waals surface area contributed by atoms with Gasteiger partial charge in [-0.2, -0.15) is 0 Å². The number of hydrogen-bond acceptors (Lipinski definition) is 5. The molecular weight excluding hydrogens is 264 g/mol. The smallest absolute Gasteiger partial charge is 0.237 e. The maximum absolute atomic E-state index is 12.0. The first-order valence-corrected chi connectivity index (χ1v) is 6.93. The number of hydrogen-bond donors (Lipinski definition) is 3. The number of carbonyl (C=O) groups is 1. The summed E-state index contributed by atoms with van der Waals surface area (Å²) >= 11 is 1.42. The molecule has 19 heavy (non-hydrogen) atoms. The number of methoxy groups -OCH3 is 1. The number of rotatable bonds is 6. The van der Waals surface area contributed by atoms with Gasteiger partial charge < -0.3 is 20.9 Å². The molecule has 0 aliphatic carbocycles. The Morgan fingerprint density at radius 2 is 2.21 bits per heavy atom. The summed E-state index contributed by atoms with van der Waals surface area (Å²) in [4.78, 5) is 12.0. The molecule has 0 fully saturated rings. The Labute approximate surface area is 117 Å². The lowest BCUT2D eigenvalue weighted by atomic mass is 10.2. The third kappa shape index (κ3) is 4.65. The number of aliphatic hydroxyl groups excluding tert-OH is 1. The molecule has 1 amide bonds. The molecule has 0 bridgehead atoms. The zero-order chi connectivity index (χ0) is 14.4. The number of ether oxygens (including phenoxy) is 1. The van der Waals surface area contributed by atoms with Crippen molar-refractivity contribution in [1.29, 1.82) is 0 Å². The van der Waals surface area contributed by atoms with Crippen LogP contribution >= 0.6 is 11.8 Å².